The highest BCUT2D eigenvalue weighted by Crippen LogP contribution is 2.30. The molecule has 0 bridgehead atoms. The van der Waals surface area contributed by atoms with Crippen molar-refractivity contribution in [2.45, 2.75) is 42.9 Å². The summed E-state index contributed by atoms with van der Waals surface area (Å²) in [6.07, 6.45) is 2.57. The Morgan fingerprint density at radius 1 is 0.912 bits per heavy atom. The zero-order chi connectivity index (χ0) is 25.1. The molecule has 0 atom stereocenters. The molecule has 1 aliphatic heterocycles. The SMILES string of the molecule is CCN(CC)S(=O)(=O)c1ccc(Cl)c(C(=O)Nc2cc(S(=O)(=O)N3CCCCC3)ccc2Cl)c1. The number of rotatable bonds is 8. The van der Waals surface area contributed by atoms with Crippen molar-refractivity contribution in [3.63, 3.8) is 0 Å². The van der Waals surface area contributed by atoms with Crippen molar-refractivity contribution in [1.82, 2.24) is 8.61 Å². The van der Waals surface area contributed by atoms with E-state index in [1.54, 1.807) is 13.8 Å². The average Bonchev–Trinajstić information content (AvgIpc) is 2.81. The summed E-state index contributed by atoms with van der Waals surface area (Å²) in [4.78, 5) is 13.0. The van der Waals surface area contributed by atoms with Gasteiger partial charge >= 0.3 is 0 Å². The lowest BCUT2D eigenvalue weighted by atomic mass is 10.2. The van der Waals surface area contributed by atoms with E-state index in [1.165, 1.54) is 45.0 Å². The molecule has 0 aliphatic carbocycles. The minimum absolute atomic E-state index is 0.0121. The first-order valence-electron chi connectivity index (χ1n) is 10.9. The van der Waals surface area contributed by atoms with E-state index in [-0.39, 0.29) is 44.2 Å². The Morgan fingerprint density at radius 2 is 1.50 bits per heavy atom. The molecule has 0 spiro atoms. The van der Waals surface area contributed by atoms with Crippen molar-refractivity contribution in [3.05, 3.63) is 52.0 Å². The topological polar surface area (TPSA) is 104 Å². The van der Waals surface area contributed by atoms with Gasteiger partial charge in [-0.2, -0.15) is 8.61 Å². The van der Waals surface area contributed by atoms with E-state index >= 15 is 0 Å². The van der Waals surface area contributed by atoms with Gasteiger partial charge in [-0.3, -0.25) is 4.79 Å². The van der Waals surface area contributed by atoms with Crippen LogP contribution in [0.5, 0.6) is 0 Å². The molecule has 34 heavy (non-hydrogen) atoms. The molecule has 3 rings (SSSR count). The Bertz CT molecular complexity index is 1270. The zero-order valence-electron chi connectivity index (χ0n) is 18.9. The minimum atomic E-state index is -3.81. The van der Waals surface area contributed by atoms with Crippen LogP contribution in [-0.4, -0.2) is 57.5 Å². The van der Waals surface area contributed by atoms with Crippen LogP contribution in [0.4, 0.5) is 5.69 Å². The third-order valence-corrected chi connectivity index (χ3v) is 10.3. The van der Waals surface area contributed by atoms with Gasteiger partial charge in [0, 0.05) is 26.2 Å². The van der Waals surface area contributed by atoms with E-state index in [4.69, 9.17) is 23.2 Å². The molecule has 2 aromatic carbocycles. The maximum absolute atomic E-state index is 13.0. The van der Waals surface area contributed by atoms with E-state index < -0.39 is 26.0 Å². The lowest BCUT2D eigenvalue weighted by molar-refractivity contribution is 0.102. The second kappa shape index (κ2) is 10.9. The van der Waals surface area contributed by atoms with Gasteiger partial charge in [0.05, 0.1) is 31.1 Å². The molecule has 1 saturated heterocycles. The van der Waals surface area contributed by atoms with Gasteiger partial charge < -0.3 is 5.32 Å². The normalized spacial score (nSPS) is 15.4. The fourth-order valence-electron chi connectivity index (χ4n) is 3.76. The molecule has 1 amide bonds. The van der Waals surface area contributed by atoms with E-state index in [0.717, 1.165) is 19.3 Å². The number of sulfonamides is 2. The number of nitrogens with one attached hydrogen (secondary N) is 1. The Kier molecular flexibility index (Phi) is 8.65. The highest BCUT2D eigenvalue weighted by molar-refractivity contribution is 7.89. The number of hydrogen-bond acceptors (Lipinski definition) is 5. The van der Waals surface area contributed by atoms with Gasteiger partial charge in [-0.15, -0.1) is 0 Å². The Morgan fingerprint density at radius 3 is 2.12 bits per heavy atom. The van der Waals surface area contributed by atoms with Crippen molar-refractivity contribution >= 4 is 54.8 Å². The quantitative estimate of drug-likeness (QED) is 0.525. The highest BCUT2D eigenvalue weighted by Gasteiger charge is 2.27. The molecule has 2 aromatic rings. The predicted octanol–water partition coefficient (Wildman–Crippen LogP) is 4.45. The number of carbonyl (C=O) groups is 1. The van der Waals surface area contributed by atoms with Crippen LogP contribution in [0.15, 0.2) is 46.2 Å². The maximum Gasteiger partial charge on any atom is 0.257 e. The number of hydrogen-bond donors (Lipinski definition) is 1. The Balaban J connectivity index is 1.92. The Hall–Kier alpha value is -1.69. The first kappa shape index (κ1) is 26.9. The molecule has 186 valence electrons. The largest absolute Gasteiger partial charge is 0.321 e. The third kappa shape index (κ3) is 5.58. The van der Waals surface area contributed by atoms with E-state index in [2.05, 4.69) is 5.32 Å². The number of nitrogens with zero attached hydrogens (tertiary/aromatic N) is 2. The van der Waals surface area contributed by atoms with Gasteiger partial charge in [-0.05, 0) is 49.2 Å². The van der Waals surface area contributed by atoms with Crippen LogP contribution in [0.25, 0.3) is 0 Å². The number of carbonyl (C=O) groups excluding carboxylic acids is 1. The average molecular weight is 549 g/mol. The van der Waals surface area contributed by atoms with Crippen LogP contribution in [0, 0.1) is 0 Å². The van der Waals surface area contributed by atoms with Crippen molar-refractivity contribution in [2.75, 3.05) is 31.5 Å². The third-order valence-electron chi connectivity index (χ3n) is 5.66. The summed E-state index contributed by atoms with van der Waals surface area (Å²) >= 11 is 12.4. The number of anilines is 1. The van der Waals surface area contributed by atoms with Gasteiger partial charge in [0.2, 0.25) is 20.0 Å². The molecule has 0 radical (unpaired) electrons. The first-order chi connectivity index (χ1) is 16.0. The molecule has 1 N–H and O–H groups in total. The number of amides is 1. The summed E-state index contributed by atoms with van der Waals surface area (Å²) in [5, 5.41) is 2.75. The molecular weight excluding hydrogens is 521 g/mol. The van der Waals surface area contributed by atoms with Crippen LogP contribution in [0.1, 0.15) is 43.5 Å². The summed E-state index contributed by atoms with van der Waals surface area (Å²) in [5.41, 5.74) is 0.00748. The molecule has 1 fully saturated rings. The van der Waals surface area contributed by atoms with Gasteiger partial charge in [0.15, 0.2) is 0 Å². The van der Waals surface area contributed by atoms with Crippen molar-refractivity contribution in [1.29, 1.82) is 0 Å². The standard InChI is InChI=1S/C22H27Cl2N3O5S2/c1-3-26(4-2)33(29,30)16-8-10-19(23)18(14-16)22(28)25-21-15-17(9-11-20(21)24)34(31,32)27-12-6-5-7-13-27/h8-11,14-15H,3-7,12-13H2,1-2H3,(H,25,28). The smallest absolute Gasteiger partial charge is 0.257 e. The van der Waals surface area contributed by atoms with E-state index in [9.17, 15) is 21.6 Å². The lowest BCUT2D eigenvalue weighted by Crippen LogP contribution is -2.35. The highest BCUT2D eigenvalue weighted by atomic mass is 35.5. The second-order valence-corrected chi connectivity index (χ2v) is 12.5. The molecular formula is C22H27Cl2N3O5S2. The number of halogens is 2. The van der Waals surface area contributed by atoms with Gasteiger partial charge in [-0.1, -0.05) is 43.5 Å². The second-order valence-electron chi connectivity index (χ2n) is 7.79. The van der Waals surface area contributed by atoms with E-state index in [1.807, 2.05) is 0 Å². The van der Waals surface area contributed by atoms with Crippen molar-refractivity contribution in [2.24, 2.45) is 0 Å². The van der Waals surface area contributed by atoms with Crippen LogP contribution in [0.3, 0.4) is 0 Å². The van der Waals surface area contributed by atoms with Crippen LogP contribution < -0.4 is 5.32 Å². The summed E-state index contributed by atoms with van der Waals surface area (Å²) in [7, 11) is -7.55. The molecule has 0 unspecified atom stereocenters. The van der Waals surface area contributed by atoms with Crippen LogP contribution in [0.2, 0.25) is 10.0 Å². The molecule has 0 aromatic heterocycles. The zero-order valence-corrected chi connectivity index (χ0v) is 22.1. The summed E-state index contributed by atoms with van der Waals surface area (Å²) in [6, 6.07) is 7.97. The van der Waals surface area contributed by atoms with Crippen LogP contribution in [-0.2, 0) is 20.0 Å². The summed E-state index contributed by atoms with van der Waals surface area (Å²) in [5.74, 6) is -0.712. The van der Waals surface area contributed by atoms with Crippen LogP contribution >= 0.6 is 23.2 Å². The monoisotopic (exact) mass is 547 g/mol. The predicted molar refractivity (Wildman–Crippen MR) is 134 cm³/mol. The summed E-state index contributed by atoms with van der Waals surface area (Å²) in [6.45, 7) is 4.87. The number of piperidine rings is 1. The first-order valence-corrected chi connectivity index (χ1v) is 14.6. The fourth-order valence-corrected chi connectivity index (χ4v) is 7.15. The maximum atomic E-state index is 13.0. The van der Waals surface area contributed by atoms with Gasteiger partial charge in [0.25, 0.3) is 5.91 Å². The van der Waals surface area contributed by atoms with Gasteiger partial charge in [-0.25, -0.2) is 16.8 Å². The molecule has 12 heteroatoms. The molecule has 0 saturated carbocycles. The van der Waals surface area contributed by atoms with Gasteiger partial charge in [0.1, 0.15) is 0 Å². The summed E-state index contributed by atoms with van der Waals surface area (Å²) < 4.78 is 54.4. The minimum Gasteiger partial charge on any atom is -0.321 e. The van der Waals surface area contributed by atoms with E-state index in [0.29, 0.717) is 13.1 Å². The fraction of sp³-hybridized carbons (Fsp3) is 0.409. The molecule has 8 nitrogen and oxygen atoms in total. The molecule has 1 heterocycles. The lowest BCUT2D eigenvalue weighted by Gasteiger charge is -2.26. The molecule has 1 aliphatic rings. The number of benzene rings is 2. The Labute approximate surface area is 210 Å². The van der Waals surface area contributed by atoms with Crippen molar-refractivity contribution in [3.8, 4) is 0 Å². The van der Waals surface area contributed by atoms with Crippen molar-refractivity contribution < 1.29 is 21.6 Å².